The van der Waals surface area contributed by atoms with Crippen LogP contribution in [0.25, 0.3) is 17.2 Å². The van der Waals surface area contributed by atoms with E-state index in [0.717, 1.165) is 43.7 Å². The van der Waals surface area contributed by atoms with Crippen molar-refractivity contribution in [2.45, 2.75) is 38.6 Å². The number of anilines is 1. The number of carboxylic acid groups (broad SMARTS) is 1. The maximum atomic E-state index is 14.2. The van der Waals surface area contributed by atoms with Crippen molar-refractivity contribution in [3.05, 3.63) is 95.6 Å². The largest absolute Gasteiger partial charge is 0.478 e. The first-order valence-electron chi connectivity index (χ1n) is 11.8. The van der Waals surface area contributed by atoms with E-state index in [0.29, 0.717) is 23.4 Å². The van der Waals surface area contributed by atoms with Crippen LogP contribution in [0.2, 0.25) is 0 Å². The van der Waals surface area contributed by atoms with Crippen molar-refractivity contribution in [1.29, 1.82) is 0 Å². The van der Waals surface area contributed by atoms with Crippen LogP contribution in [0.15, 0.2) is 72.8 Å². The quantitative estimate of drug-likeness (QED) is 0.381. The third-order valence-electron chi connectivity index (χ3n) is 6.37. The van der Waals surface area contributed by atoms with Crippen LogP contribution >= 0.6 is 0 Å². The van der Waals surface area contributed by atoms with Crippen LogP contribution in [0.1, 0.15) is 43.2 Å². The minimum absolute atomic E-state index is 0.0355. The van der Waals surface area contributed by atoms with Crippen molar-refractivity contribution >= 4 is 23.6 Å². The fourth-order valence-electron chi connectivity index (χ4n) is 4.56. The van der Waals surface area contributed by atoms with Crippen molar-refractivity contribution in [3.63, 3.8) is 0 Å². The highest BCUT2D eigenvalue weighted by atomic mass is 19.1. The average Bonchev–Trinajstić information content (AvgIpc) is 2.87. The normalized spacial score (nSPS) is 14.2. The third-order valence-corrected chi connectivity index (χ3v) is 6.37. The van der Waals surface area contributed by atoms with E-state index in [1.54, 1.807) is 47.4 Å². The molecule has 3 aromatic rings. The van der Waals surface area contributed by atoms with Gasteiger partial charge in [0.15, 0.2) is 0 Å². The molecule has 1 amide bonds. The summed E-state index contributed by atoms with van der Waals surface area (Å²) in [6.45, 7) is 0.293. The van der Waals surface area contributed by atoms with Crippen LogP contribution in [0.5, 0.6) is 0 Å². The second kappa shape index (κ2) is 11.1. The van der Waals surface area contributed by atoms with Gasteiger partial charge >= 0.3 is 5.97 Å². The highest BCUT2D eigenvalue weighted by Crippen LogP contribution is 2.30. The Labute approximate surface area is 203 Å². The number of hydrogen-bond donors (Lipinski definition) is 1. The fourth-order valence-corrected chi connectivity index (χ4v) is 4.56. The summed E-state index contributed by atoms with van der Waals surface area (Å²) in [6, 6.07) is 17.9. The van der Waals surface area contributed by atoms with Crippen LogP contribution in [0.3, 0.4) is 0 Å². The molecule has 3 aromatic carbocycles. The lowest BCUT2D eigenvalue weighted by Crippen LogP contribution is -2.36. The molecule has 0 heterocycles. The molecule has 1 N–H and O–H groups in total. The first-order valence-corrected chi connectivity index (χ1v) is 11.8. The Bertz CT molecular complexity index is 1210. The number of halogens is 2. The minimum Gasteiger partial charge on any atom is -0.478 e. The standard InChI is InChI=1S/C29H27F2NO3/c30-25-10-5-11-26(31)28(25)22-15-12-21(13-16-22)19-32(29(35)23-7-2-1-3-8-23)24-9-4-6-20(18-24)14-17-27(33)34/h4-6,9-18,23H,1-3,7-8,19H2,(H,33,34). The van der Waals surface area contributed by atoms with E-state index in [9.17, 15) is 18.4 Å². The zero-order chi connectivity index (χ0) is 24.8. The first kappa shape index (κ1) is 24.3. The number of hydrogen-bond acceptors (Lipinski definition) is 2. The molecule has 0 atom stereocenters. The molecule has 0 bridgehead atoms. The van der Waals surface area contributed by atoms with E-state index in [4.69, 9.17) is 5.11 Å². The highest BCUT2D eigenvalue weighted by Gasteiger charge is 2.27. The van der Waals surface area contributed by atoms with Crippen molar-refractivity contribution in [2.75, 3.05) is 4.90 Å². The number of amides is 1. The molecule has 0 aliphatic heterocycles. The molecule has 0 spiro atoms. The second-order valence-corrected chi connectivity index (χ2v) is 8.82. The Morgan fingerprint density at radius 3 is 2.23 bits per heavy atom. The molecule has 180 valence electrons. The van der Waals surface area contributed by atoms with E-state index in [1.165, 1.54) is 24.3 Å². The Kier molecular flexibility index (Phi) is 7.70. The van der Waals surface area contributed by atoms with Crippen LogP contribution in [0, 0.1) is 17.6 Å². The maximum Gasteiger partial charge on any atom is 0.328 e. The number of benzene rings is 3. The van der Waals surface area contributed by atoms with E-state index in [2.05, 4.69) is 0 Å². The number of nitrogens with zero attached hydrogens (tertiary/aromatic N) is 1. The Morgan fingerprint density at radius 1 is 0.914 bits per heavy atom. The topological polar surface area (TPSA) is 57.6 Å². The number of rotatable bonds is 7. The molecule has 0 aromatic heterocycles. The fraction of sp³-hybridized carbons (Fsp3) is 0.241. The number of carboxylic acids is 1. The van der Waals surface area contributed by atoms with E-state index in [-0.39, 0.29) is 17.4 Å². The molecule has 35 heavy (non-hydrogen) atoms. The number of carbonyl (C=O) groups excluding carboxylic acids is 1. The molecule has 4 rings (SSSR count). The molecule has 6 heteroatoms. The first-order chi connectivity index (χ1) is 16.9. The van der Waals surface area contributed by atoms with E-state index in [1.807, 2.05) is 6.07 Å². The van der Waals surface area contributed by atoms with Gasteiger partial charge in [0.1, 0.15) is 11.6 Å². The van der Waals surface area contributed by atoms with E-state index >= 15 is 0 Å². The van der Waals surface area contributed by atoms with Gasteiger partial charge in [0.2, 0.25) is 5.91 Å². The predicted octanol–water partition coefficient (Wildman–Crippen LogP) is 6.84. The molecule has 1 saturated carbocycles. The average molecular weight is 476 g/mol. The molecule has 0 saturated heterocycles. The lowest BCUT2D eigenvalue weighted by Gasteiger charge is -2.30. The van der Waals surface area contributed by atoms with Gasteiger partial charge in [-0.3, -0.25) is 4.79 Å². The monoisotopic (exact) mass is 475 g/mol. The van der Waals surface area contributed by atoms with Crippen molar-refractivity contribution < 1.29 is 23.5 Å². The summed E-state index contributed by atoms with van der Waals surface area (Å²) < 4.78 is 28.4. The predicted molar refractivity (Wildman–Crippen MR) is 133 cm³/mol. The van der Waals surface area contributed by atoms with Gasteiger partial charge in [-0.05, 0) is 59.9 Å². The van der Waals surface area contributed by atoms with Crippen LogP contribution in [-0.4, -0.2) is 17.0 Å². The van der Waals surface area contributed by atoms with Gasteiger partial charge in [-0.25, -0.2) is 13.6 Å². The zero-order valence-corrected chi connectivity index (χ0v) is 19.3. The summed E-state index contributed by atoms with van der Waals surface area (Å²) in [6.07, 6.45) is 7.43. The van der Waals surface area contributed by atoms with Gasteiger partial charge in [-0.15, -0.1) is 0 Å². The maximum absolute atomic E-state index is 14.2. The van der Waals surface area contributed by atoms with Gasteiger partial charge in [-0.1, -0.05) is 61.7 Å². The Balaban J connectivity index is 1.64. The zero-order valence-electron chi connectivity index (χ0n) is 19.3. The molecular weight excluding hydrogens is 448 g/mol. The highest BCUT2D eigenvalue weighted by molar-refractivity contribution is 5.95. The van der Waals surface area contributed by atoms with Crippen LogP contribution in [-0.2, 0) is 16.1 Å². The second-order valence-electron chi connectivity index (χ2n) is 8.82. The lowest BCUT2D eigenvalue weighted by molar-refractivity contribution is -0.131. The van der Waals surface area contributed by atoms with Crippen molar-refractivity contribution in [2.24, 2.45) is 5.92 Å². The van der Waals surface area contributed by atoms with Gasteiger partial charge in [0.25, 0.3) is 0 Å². The summed E-state index contributed by atoms with van der Waals surface area (Å²) in [5, 5.41) is 8.95. The lowest BCUT2D eigenvalue weighted by atomic mass is 9.88. The molecule has 0 radical (unpaired) electrons. The molecule has 0 unspecified atom stereocenters. The van der Waals surface area contributed by atoms with E-state index < -0.39 is 17.6 Å². The summed E-state index contributed by atoms with van der Waals surface area (Å²) in [7, 11) is 0. The molecule has 1 aliphatic carbocycles. The summed E-state index contributed by atoms with van der Waals surface area (Å²) in [5.74, 6) is -2.32. The van der Waals surface area contributed by atoms with Crippen LogP contribution in [0.4, 0.5) is 14.5 Å². The van der Waals surface area contributed by atoms with Crippen molar-refractivity contribution in [3.8, 4) is 11.1 Å². The Morgan fingerprint density at radius 2 is 1.57 bits per heavy atom. The van der Waals surface area contributed by atoms with Gasteiger partial charge in [-0.2, -0.15) is 0 Å². The minimum atomic E-state index is -1.04. The Hall–Kier alpha value is -3.80. The smallest absolute Gasteiger partial charge is 0.328 e. The molecule has 4 nitrogen and oxygen atoms in total. The number of aliphatic carboxylic acids is 1. The van der Waals surface area contributed by atoms with Crippen LogP contribution < -0.4 is 4.90 Å². The van der Waals surface area contributed by atoms with Gasteiger partial charge in [0, 0.05) is 17.7 Å². The third kappa shape index (κ3) is 6.01. The summed E-state index contributed by atoms with van der Waals surface area (Å²) in [4.78, 5) is 26.2. The summed E-state index contributed by atoms with van der Waals surface area (Å²) >= 11 is 0. The molecular formula is C29H27F2NO3. The summed E-state index contributed by atoms with van der Waals surface area (Å²) in [5.41, 5.74) is 2.53. The van der Waals surface area contributed by atoms with Gasteiger partial charge in [0.05, 0.1) is 12.1 Å². The molecule has 1 fully saturated rings. The SMILES string of the molecule is O=C(O)C=Cc1cccc(N(Cc2ccc(-c3c(F)cccc3F)cc2)C(=O)C2CCCCC2)c1. The molecule has 1 aliphatic rings. The number of carbonyl (C=O) groups is 2. The van der Waals surface area contributed by atoms with Crippen molar-refractivity contribution in [1.82, 2.24) is 0 Å². The van der Waals surface area contributed by atoms with Gasteiger partial charge < -0.3 is 10.0 Å².